The minimum atomic E-state index is 0.103. The lowest BCUT2D eigenvalue weighted by atomic mass is 10.1. The fourth-order valence-corrected chi connectivity index (χ4v) is 1.03. The number of ketones is 1. The number of hydrogen-bond donors (Lipinski definition) is 2. The quantitative estimate of drug-likeness (QED) is 0.701. The molecule has 4 heteroatoms. The highest BCUT2D eigenvalue weighted by Gasteiger charge is 1.96. The molecule has 1 amide bonds. The van der Waals surface area contributed by atoms with Gasteiger partial charge in [-0.2, -0.15) is 0 Å². The van der Waals surface area contributed by atoms with Gasteiger partial charge >= 0.3 is 0 Å². The average molecular weight is 276 g/mol. The predicted molar refractivity (Wildman–Crippen MR) is 85.3 cm³/mol. The first-order valence-electron chi connectivity index (χ1n) is 7.50. The fraction of sp³-hybridized carbons (Fsp3) is 0.867. The Hall–Kier alpha value is -0.900. The van der Waals surface area contributed by atoms with Crippen LogP contribution in [0.25, 0.3) is 0 Å². The summed E-state index contributed by atoms with van der Waals surface area (Å²) in [5, 5.41) is 2.80. The maximum Gasteiger partial charge on any atom is 0.219 e. The van der Waals surface area contributed by atoms with Crippen LogP contribution in [0.3, 0.4) is 0 Å². The minimum Gasteiger partial charge on any atom is -0.356 e. The minimum absolute atomic E-state index is 0.103. The van der Waals surface area contributed by atoms with Gasteiger partial charge in [-0.05, 0) is 26.8 Å². The maximum atomic E-state index is 10.8. The summed E-state index contributed by atoms with van der Waals surface area (Å²) in [7, 11) is 1.50. The molecule has 0 heterocycles. The van der Waals surface area contributed by atoms with Crippen molar-refractivity contribution in [3.05, 3.63) is 0 Å². The van der Waals surface area contributed by atoms with E-state index in [-0.39, 0.29) is 11.7 Å². The molecule has 0 aromatic rings. The highest BCUT2D eigenvalue weighted by molar-refractivity contribution is 5.75. The van der Waals surface area contributed by atoms with Gasteiger partial charge in [0.05, 0.1) is 0 Å². The zero-order chi connectivity index (χ0) is 16.1. The molecule has 0 aromatic heterocycles. The van der Waals surface area contributed by atoms with Crippen LogP contribution >= 0.6 is 0 Å². The second kappa shape index (κ2) is 30.3. The normalized spacial score (nSPS) is 7.58. The van der Waals surface area contributed by atoms with Crippen molar-refractivity contribution in [1.82, 2.24) is 5.32 Å². The Kier molecular flexibility index (Phi) is 42.4. The van der Waals surface area contributed by atoms with Crippen molar-refractivity contribution in [2.24, 2.45) is 5.73 Å². The number of carbonyl (C=O) groups excluding carboxylic acids is 2. The van der Waals surface area contributed by atoms with E-state index < -0.39 is 0 Å². The van der Waals surface area contributed by atoms with Crippen LogP contribution in [0.4, 0.5) is 0 Å². The highest BCUT2D eigenvalue weighted by atomic mass is 16.1. The Bertz CT molecular complexity index is 172. The van der Waals surface area contributed by atoms with Crippen molar-refractivity contribution >= 4 is 11.7 Å². The van der Waals surface area contributed by atoms with Crippen LogP contribution in [0, 0.1) is 0 Å². The van der Waals surface area contributed by atoms with Gasteiger partial charge in [-0.1, -0.05) is 41.0 Å². The molecule has 0 radical (unpaired) electrons. The van der Waals surface area contributed by atoms with Gasteiger partial charge in [0, 0.05) is 19.4 Å². The number of nitrogens with two attached hydrogens (primary N) is 1. The SMILES string of the molecule is CC.CC.CCC(=O)NCCCCCC(C)=O.CN. The molecule has 118 valence electrons. The zero-order valence-corrected chi connectivity index (χ0v) is 14.1. The van der Waals surface area contributed by atoms with Crippen molar-refractivity contribution < 1.29 is 9.59 Å². The predicted octanol–water partition coefficient (Wildman–Crippen LogP) is 3.29. The van der Waals surface area contributed by atoms with Gasteiger partial charge in [0.1, 0.15) is 5.78 Å². The number of amides is 1. The summed E-state index contributed by atoms with van der Waals surface area (Å²) >= 11 is 0. The van der Waals surface area contributed by atoms with E-state index >= 15 is 0 Å². The number of rotatable bonds is 7. The topological polar surface area (TPSA) is 72.2 Å². The van der Waals surface area contributed by atoms with Gasteiger partial charge in [0.25, 0.3) is 0 Å². The average Bonchev–Trinajstić information content (AvgIpc) is 2.48. The molecule has 0 aliphatic heterocycles. The molecule has 0 unspecified atom stereocenters. The smallest absolute Gasteiger partial charge is 0.219 e. The van der Waals surface area contributed by atoms with Crippen LogP contribution in [-0.4, -0.2) is 25.3 Å². The van der Waals surface area contributed by atoms with E-state index in [1.807, 2.05) is 34.6 Å². The van der Waals surface area contributed by atoms with Crippen LogP contribution in [0.5, 0.6) is 0 Å². The molecule has 0 saturated carbocycles. The van der Waals surface area contributed by atoms with Crippen molar-refractivity contribution in [3.63, 3.8) is 0 Å². The molecule has 0 atom stereocenters. The third-order valence-corrected chi connectivity index (χ3v) is 1.85. The van der Waals surface area contributed by atoms with E-state index in [1.54, 1.807) is 6.92 Å². The Morgan fingerprint density at radius 2 is 1.42 bits per heavy atom. The van der Waals surface area contributed by atoms with Crippen molar-refractivity contribution in [1.29, 1.82) is 0 Å². The lowest BCUT2D eigenvalue weighted by Gasteiger charge is -2.02. The Balaban J connectivity index is -0.000000163. The molecular formula is C15H36N2O2. The van der Waals surface area contributed by atoms with Gasteiger partial charge in [-0.3, -0.25) is 4.79 Å². The molecule has 0 rings (SSSR count). The van der Waals surface area contributed by atoms with Crippen LogP contribution in [0.1, 0.15) is 73.6 Å². The van der Waals surface area contributed by atoms with Crippen LogP contribution < -0.4 is 11.1 Å². The van der Waals surface area contributed by atoms with Crippen LogP contribution in [0.15, 0.2) is 0 Å². The largest absolute Gasteiger partial charge is 0.356 e. The van der Waals surface area contributed by atoms with Crippen LogP contribution in [0.2, 0.25) is 0 Å². The maximum absolute atomic E-state index is 10.8. The molecule has 19 heavy (non-hydrogen) atoms. The summed E-state index contributed by atoms with van der Waals surface area (Å²) in [6.07, 6.45) is 4.15. The summed E-state index contributed by atoms with van der Waals surface area (Å²) in [5.74, 6) is 0.351. The summed E-state index contributed by atoms with van der Waals surface area (Å²) in [4.78, 5) is 21.3. The molecule has 0 aliphatic rings. The Labute approximate surface area is 120 Å². The molecule has 0 bridgehead atoms. The van der Waals surface area contributed by atoms with Crippen molar-refractivity contribution in [3.8, 4) is 0 Å². The molecular weight excluding hydrogens is 240 g/mol. The van der Waals surface area contributed by atoms with Gasteiger partial charge in [-0.15, -0.1) is 0 Å². The third kappa shape index (κ3) is 38.2. The number of unbranched alkanes of at least 4 members (excludes halogenated alkanes) is 2. The molecule has 0 aliphatic carbocycles. The monoisotopic (exact) mass is 276 g/mol. The standard InChI is InChI=1S/C10H19NO2.2C2H6.CH5N/c1-3-10(13)11-8-6-4-5-7-9(2)12;3*1-2/h3-8H2,1-2H3,(H,11,13);2*1-2H3;2H2,1H3. The van der Waals surface area contributed by atoms with E-state index in [0.29, 0.717) is 12.8 Å². The van der Waals surface area contributed by atoms with E-state index in [4.69, 9.17) is 0 Å². The van der Waals surface area contributed by atoms with Gasteiger partial charge < -0.3 is 15.8 Å². The summed E-state index contributed by atoms with van der Waals surface area (Å²) in [5.41, 5.74) is 4.50. The highest BCUT2D eigenvalue weighted by Crippen LogP contribution is 1.99. The fourth-order valence-electron chi connectivity index (χ4n) is 1.03. The number of nitrogens with one attached hydrogen (secondary N) is 1. The number of carbonyl (C=O) groups is 2. The van der Waals surface area contributed by atoms with E-state index in [0.717, 1.165) is 25.8 Å². The van der Waals surface area contributed by atoms with Crippen LogP contribution in [-0.2, 0) is 9.59 Å². The molecule has 0 fully saturated rings. The molecule has 0 spiro atoms. The molecule has 0 aromatic carbocycles. The lowest BCUT2D eigenvalue weighted by molar-refractivity contribution is -0.121. The number of hydrogen-bond acceptors (Lipinski definition) is 3. The van der Waals surface area contributed by atoms with E-state index in [2.05, 4.69) is 11.1 Å². The first-order valence-corrected chi connectivity index (χ1v) is 7.50. The Morgan fingerprint density at radius 3 is 1.79 bits per heavy atom. The molecule has 4 nitrogen and oxygen atoms in total. The van der Waals surface area contributed by atoms with E-state index in [9.17, 15) is 9.59 Å². The number of Topliss-reactive ketones (excluding diaryl/α,β-unsaturated/α-hetero) is 1. The Morgan fingerprint density at radius 1 is 0.947 bits per heavy atom. The van der Waals surface area contributed by atoms with E-state index in [1.165, 1.54) is 7.05 Å². The third-order valence-electron chi connectivity index (χ3n) is 1.85. The summed E-state index contributed by atoms with van der Waals surface area (Å²) < 4.78 is 0. The second-order valence-corrected chi connectivity index (χ2v) is 3.22. The van der Waals surface area contributed by atoms with Gasteiger partial charge in [0.2, 0.25) is 5.91 Å². The lowest BCUT2D eigenvalue weighted by Crippen LogP contribution is -2.23. The van der Waals surface area contributed by atoms with Crippen molar-refractivity contribution in [2.45, 2.75) is 73.6 Å². The first kappa shape index (κ1) is 26.6. The zero-order valence-electron chi connectivity index (χ0n) is 14.1. The molecule has 3 N–H and O–H groups in total. The van der Waals surface area contributed by atoms with Gasteiger partial charge in [-0.25, -0.2) is 0 Å². The summed E-state index contributed by atoms with van der Waals surface area (Å²) in [6, 6.07) is 0. The first-order chi connectivity index (χ1) is 9.16. The van der Waals surface area contributed by atoms with Crippen molar-refractivity contribution in [2.75, 3.05) is 13.6 Å². The van der Waals surface area contributed by atoms with Gasteiger partial charge in [0.15, 0.2) is 0 Å². The summed E-state index contributed by atoms with van der Waals surface area (Å²) in [6.45, 7) is 12.2. The molecule has 0 saturated heterocycles. The second-order valence-electron chi connectivity index (χ2n) is 3.22.